The minimum absolute atomic E-state index is 0.00407. The van der Waals surface area contributed by atoms with Crippen LogP contribution in [0.2, 0.25) is 5.15 Å². The van der Waals surface area contributed by atoms with Crippen LogP contribution in [0.5, 0.6) is 0 Å². The largest absolute Gasteiger partial charge is 0.278 e. The standard InChI is InChI=1S/C16H11ClN4O2/c17-16-12(8-11-4-1-2-7-15(11)19-16)10-18-20-13-5-3-6-14(9-13)21(22)23/h1-10,20H/b18-10+. The maximum atomic E-state index is 10.7. The average molecular weight is 327 g/mol. The number of benzene rings is 2. The number of nitrogens with zero attached hydrogens (tertiary/aromatic N) is 3. The quantitative estimate of drug-likeness (QED) is 0.336. The second kappa shape index (κ2) is 6.41. The van der Waals surface area contributed by atoms with Gasteiger partial charge in [0.1, 0.15) is 5.15 Å². The van der Waals surface area contributed by atoms with E-state index in [2.05, 4.69) is 15.5 Å². The Morgan fingerprint density at radius 3 is 2.83 bits per heavy atom. The van der Waals surface area contributed by atoms with E-state index >= 15 is 0 Å². The van der Waals surface area contributed by atoms with Crippen LogP contribution in [0.25, 0.3) is 10.9 Å². The molecule has 0 bridgehead atoms. The van der Waals surface area contributed by atoms with Crippen LogP contribution in [-0.4, -0.2) is 16.1 Å². The first-order valence-corrected chi connectivity index (χ1v) is 7.10. The molecule has 0 saturated carbocycles. The summed E-state index contributed by atoms with van der Waals surface area (Å²) in [6.07, 6.45) is 1.53. The van der Waals surface area contributed by atoms with Crippen LogP contribution in [0, 0.1) is 10.1 Å². The summed E-state index contributed by atoms with van der Waals surface area (Å²) in [5, 5.41) is 16.1. The third-order valence-electron chi connectivity index (χ3n) is 3.16. The van der Waals surface area contributed by atoms with Gasteiger partial charge in [-0.05, 0) is 18.2 Å². The SMILES string of the molecule is O=[N+]([O-])c1cccc(N/N=C/c2cc3ccccc3nc2Cl)c1. The molecular formula is C16H11ClN4O2. The number of rotatable bonds is 4. The summed E-state index contributed by atoms with van der Waals surface area (Å²) in [5.41, 5.74) is 4.71. The second-order valence-electron chi connectivity index (χ2n) is 4.74. The first-order valence-electron chi connectivity index (χ1n) is 6.72. The summed E-state index contributed by atoms with van der Waals surface area (Å²) >= 11 is 6.13. The molecule has 0 aliphatic carbocycles. The number of hydrogen-bond acceptors (Lipinski definition) is 5. The molecule has 6 nitrogen and oxygen atoms in total. The van der Waals surface area contributed by atoms with Gasteiger partial charge >= 0.3 is 0 Å². The summed E-state index contributed by atoms with van der Waals surface area (Å²) < 4.78 is 0. The number of halogens is 1. The fourth-order valence-corrected chi connectivity index (χ4v) is 2.26. The monoisotopic (exact) mass is 326 g/mol. The van der Waals surface area contributed by atoms with Gasteiger partial charge in [0.2, 0.25) is 0 Å². The molecule has 1 aromatic heterocycles. The van der Waals surface area contributed by atoms with Gasteiger partial charge in [0.05, 0.1) is 22.3 Å². The van der Waals surface area contributed by atoms with E-state index in [0.29, 0.717) is 16.4 Å². The lowest BCUT2D eigenvalue weighted by molar-refractivity contribution is -0.384. The van der Waals surface area contributed by atoms with Crippen molar-refractivity contribution in [3.63, 3.8) is 0 Å². The highest BCUT2D eigenvalue weighted by molar-refractivity contribution is 6.32. The fourth-order valence-electron chi connectivity index (χ4n) is 2.06. The van der Waals surface area contributed by atoms with Crippen molar-refractivity contribution in [3.8, 4) is 0 Å². The van der Waals surface area contributed by atoms with Crippen LogP contribution in [0.15, 0.2) is 59.7 Å². The van der Waals surface area contributed by atoms with Gasteiger partial charge in [-0.1, -0.05) is 35.9 Å². The maximum absolute atomic E-state index is 10.7. The lowest BCUT2D eigenvalue weighted by atomic mass is 10.2. The summed E-state index contributed by atoms with van der Waals surface area (Å²) in [5.74, 6) is 0. The van der Waals surface area contributed by atoms with Crippen molar-refractivity contribution in [3.05, 3.63) is 75.4 Å². The Labute approximate surface area is 136 Å². The molecule has 0 aliphatic rings. The van der Waals surface area contributed by atoms with Crippen LogP contribution < -0.4 is 5.43 Å². The zero-order valence-electron chi connectivity index (χ0n) is 11.8. The molecule has 0 radical (unpaired) electrons. The number of fused-ring (bicyclic) bond motifs is 1. The van der Waals surface area contributed by atoms with Crippen molar-refractivity contribution >= 4 is 40.1 Å². The highest BCUT2D eigenvalue weighted by Gasteiger charge is 2.05. The number of hydrogen-bond donors (Lipinski definition) is 1. The van der Waals surface area contributed by atoms with Gasteiger partial charge in [0.15, 0.2) is 0 Å². The van der Waals surface area contributed by atoms with Crippen molar-refractivity contribution in [1.29, 1.82) is 0 Å². The van der Waals surface area contributed by atoms with E-state index < -0.39 is 4.92 Å². The van der Waals surface area contributed by atoms with Crippen LogP contribution in [-0.2, 0) is 0 Å². The highest BCUT2D eigenvalue weighted by Crippen LogP contribution is 2.20. The molecule has 0 saturated heterocycles. The number of anilines is 1. The third kappa shape index (κ3) is 3.44. The zero-order valence-corrected chi connectivity index (χ0v) is 12.6. The molecule has 0 fully saturated rings. The Balaban J connectivity index is 1.81. The number of nitro groups is 1. The minimum Gasteiger partial charge on any atom is -0.278 e. The third-order valence-corrected chi connectivity index (χ3v) is 3.46. The van der Waals surface area contributed by atoms with Gasteiger partial charge < -0.3 is 0 Å². The Morgan fingerprint density at radius 1 is 1.17 bits per heavy atom. The molecule has 0 aliphatic heterocycles. The number of hydrazone groups is 1. The molecular weight excluding hydrogens is 316 g/mol. The number of nitrogens with one attached hydrogen (secondary N) is 1. The van der Waals surface area contributed by atoms with Gasteiger partial charge in [0, 0.05) is 23.1 Å². The van der Waals surface area contributed by atoms with E-state index in [0.717, 1.165) is 10.9 Å². The lowest BCUT2D eigenvalue weighted by Gasteiger charge is -2.02. The van der Waals surface area contributed by atoms with Gasteiger partial charge in [-0.2, -0.15) is 5.10 Å². The molecule has 2 aromatic carbocycles. The predicted octanol–water partition coefficient (Wildman–Crippen LogP) is 4.24. The number of pyridine rings is 1. The number of aromatic nitrogens is 1. The Kier molecular flexibility index (Phi) is 4.16. The molecule has 7 heteroatoms. The molecule has 114 valence electrons. The van der Waals surface area contributed by atoms with E-state index in [9.17, 15) is 10.1 Å². The molecule has 0 spiro atoms. The average Bonchev–Trinajstić information content (AvgIpc) is 2.55. The Hall–Kier alpha value is -2.99. The molecule has 1 N–H and O–H groups in total. The number of nitro benzene ring substituents is 1. The topological polar surface area (TPSA) is 80.4 Å². The molecule has 23 heavy (non-hydrogen) atoms. The smallest absolute Gasteiger partial charge is 0.271 e. The summed E-state index contributed by atoms with van der Waals surface area (Å²) in [6.45, 7) is 0. The molecule has 3 rings (SSSR count). The number of non-ortho nitro benzene ring substituents is 1. The fraction of sp³-hybridized carbons (Fsp3) is 0. The van der Waals surface area contributed by atoms with Crippen molar-refractivity contribution in [2.45, 2.75) is 0 Å². The second-order valence-corrected chi connectivity index (χ2v) is 5.10. The van der Waals surface area contributed by atoms with Gasteiger partial charge in [0.25, 0.3) is 5.69 Å². The van der Waals surface area contributed by atoms with Crippen LogP contribution in [0.4, 0.5) is 11.4 Å². The van der Waals surface area contributed by atoms with Crippen molar-refractivity contribution < 1.29 is 4.92 Å². The van der Waals surface area contributed by atoms with Gasteiger partial charge in [-0.15, -0.1) is 0 Å². The van der Waals surface area contributed by atoms with Crippen LogP contribution in [0.3, 0.4) is 0 Å². The Morgan fingerprint density at radius 2 is 2.00 bits per heavy atom. The molecule has 1 heterocycles. The van der Waals surface area contributed by atoms with Crippen LogP contribution in [0.1, 0.15) is 5.56 Å². The summed E-state index contributed by atoms with van der Waals surface area (Å²) in [7, 11) is 0. The summed E-state index contributed by atoms with van der Waals surface area (Å²) in [4.78, 5) is 14.6. The van der Waals surface area contributed by atoms with Crippen molar-refractivity contribution in [1.82, 2.24) is 4.98 Å². The van der Waals surface area contributed by atoms with E-state index in [4.69, 9.17) is 11.6 Å². The first kappa shape index (κ1) is 14.9. The lowest BCUT2D eigenvalue weighted by Crippen LogP contribution is -1.94. The van der Waals surface area contributed by atoms with E-state index in [1.54, 1.807) is 12.1 Å². The van der Waals surface area contributed by atoms with Gasteiger partial charge in [-0.3, -0.25) is 15.5 Å². The van der Waals surface area contributed by atoms with E-state index in [1.807, 2.05) is 30.3 Å². The summed E-state index contributed by atoms with van der Waals surface area (Å²) in [6, 6.07) is 15.6. The first-order chi connectivity index (χ1) is 11.1. The normalized spacial score (nSPS) is 11.0. The maximum Gasteiger partial charge on any atom is 0.271 e. The molecule has 3 aromatic rings. The van der Waals surface area contributed by atoms with Crippen LogP contribution >= 0.6 is 11.6 Å². The van der Waals surface area contributed by atoms with Gasteiger partial charge in [-0.25, -0.2) is 4.98 Å². The zero-order chi connectivity index (χ0) is 16.2. The number of para-hydroxylation sites is 1. The predicted molar refractivity (Wildman–Crippen MR) is 91.1 cm³/mol. The van der Waals surface area contributed by atoms with E-state index in [1.165, 1.54) is 18.3 Å². The molecule has 0 amide bonds. The molecule has 0 atom stereocenters. The Bertz CT molecular complexity index is 911. The minimum atomic E-state index is -0.459. The highest BCUT2D eigenvalue weighted by atomic mass is 35.5. The van der Waals surface area contributed by atoms with E-state index in [-0.39, 0.29) is 5.69 Å². The van der Waals surface area contributed by atoms with Crippen molar-refractivity contribution in [2.75, 3.05) is 5.43 Å². The molecule has 0 unspecified atom stereocenters. The van der Waals surface area contributed by atoms with Crippen molar-refractivity contribution in [2.24, 2.45) is 5.10 Å².